The lowest BCUT2D eigenvalue weighted by Crippen LogP contribution is -2.45. The molecule has 1 N–H and O–H groups in total. The topological polar surface area (TPSA) is 94.8 Å². The summed E-state index contributed by atoms with van der Waals surface area (Å²) in [7, 11) is 0. The summed E-state index contributed by atoms with van der Waals surface area (Å²) >= 11 is 0. The van der Waals surface area contributed by atoms with Crippen molar-refractivity contribution in [2.45, 2.75) is 32.6 Å². The maximum absolute atomic E-state index is 12.6. The molecule has 0 aliphatic carbocycles. The molecule has 2 aromatic rings. The van der Waals surface area contributed by atoms with Crippen LogP contribution in [-0.4, -0.2) is 38.8 Å². The van der Waals surface area contributed by atoms with Crippen LogP contribution in [0.2, 0.25) is 0 Å². The second-order valence-corrected chi connectivity index (χ2v) is 6.96. The quantitative estimate of drug-likeness (QED) is 0.911. The summed E-state index contributed by atoms with van der Waals surface area (Å²) in [5.74, 6) is 1.29. The van der Waals surface area contributed by atoms with Gasteiger partial charge in [-0.15, -0.1) is 0 Å². The average Bonchev–Trinajstić information content (AvgIpc) is 2.68. The zero-order valence-electron chi connectivity index (χ0n) is 15.0. The molecule has 7 nitrogen and oxygen atoms in total. The first-order chi connectivity index (χ1) is 12.5. The number of carbonyl (C=O) groups excluding carboxylic acids is 1. The van der Waals surface area contributed by atoms with E-state index in [-0.39, 0.29) is 11.8 Å². The molecule has 1 amide bonds. The van der Waals surface area contributed by atoms with Gasteiger partial charge in [0.15, 0.2) is 5.82 Å². The summed E-state index contributed by atoms with van der Waals surface area (Å²) in [5, 5.41) is 12.5. The minimum Gasteiger partial charge on any atom is -0.341 e. The predicted octanol–water partition coefficient (Wildman–Crippen LogP) is 2.87. The van der Waals surface area contributed by atoms with Gasteiger partial charge in [-0.2, -0.15) is 5.26 Å². The molecule has 1 atom stereocenters. The lowest BCUT2D eigenvalue weighted by Gasteiger charge is -2.35. The molecule has 1 aliphatic heterocycles. The van der Waals surface area contributed by atoms with Crippen molar-refractivity contribution in [3.05, 3.63) is 42.5 Å². The lowest BCUT2D eigenvalue weighted by atomic mass is 9.89. The molecule has 2 aromatic heterocycles. The van der Waals surface area contributed by atoms with Crippen LogP contribution < -0.4 is 5.32 Å². The molecule has 1 unspecified atom stereocenters. The van der Waals surface area contributed by atoms with Crippen molar-refractivity contribution in [3.63, 3.8) is 0 Å². The van der Waals surface area contributed by atoms with Crippen molar-refractivity contribution in [2.24, 2.45) is 5.41 Å². The van der Waals surface area contributed by atoms with E-state index in [2.05, 4.69) is 26.3 Å². The molecule has 1 aliphatic rings. The van der Waals surface area contributed by atoms with Crippen molar-refractivity contribution >= 4 is 17.5 Å². The Kier molecular flexibility index (Phi) is 5.12. The number of nitrogens with zero attached hydrogens (tertiary/aromatic N) is 5. The van der Waals surface area contributed by atoms with E-state index in [1.165, 1.54) is 0 Å². The minimum atomic E-state index is -1.01. The molecule has 1 saturated heterocycles. The number of carbonyl (C=O) groups is 1. The molecule has 3 heterocycles. The number of anilines is 2. The number of amides is 1. The third-order valence-corrected chi connectivity index (χ3v) is 4.55. The van der Waals surface area contributed by atoms with Crippen LogP contribution in [0.1, 0.15) is 38.3 Å². The highest BCUT2D eigenvalue weighted by atomic mass is 16.2. The largest absolute Gasteiger partial charge is 0.341 e. The molecule has 0 bridgehead atoms. The number of hydrogen-bond donors (Lipinski definition) is 1. The maximum Gasteiger partial charge on any atom is 0.242 e. The van der Waals surface area contributed by atoms with Gasteiger partial charge in [0, 0.05) is 37.6 Å². The van der Waals surface area contributed by atoms with Gasteiger partial charge in [-0.05, 0) is 38.8 Å². The second kappa shape index (κ2) is 7.48. The fourth-order valence-electron chi connectivity index (χ4n) is 3.13. The number of pyridine rings is 1. The molecule has 0 radical (unpaired) electrons. The Morgan fingerprint density at radius 3 is 2.81 bits per heavy atom. The highest BCUT2D eigenvalue weighted by Crippen LogP contribution is 2.32. The zero-order chi connectivity index (χ0) is 18.6. The molecule has 0 aromatic carbocycles. The molecule has 0 spiro atoms. The second-order valence-electron chi connectivity index (χ2n) is 6.96. The summed E-state index contributed by atoms with van der Waals surface area (Å²) in [6, 6.07) is 7.71. The van der Waals surface area contributed by atoms with Crippen molar-refractivity contribution in [3.8, 4) is 6.07 Å². The van der Waals surface area contributed by atoms with Crippen LogP contribution in [0.25, 0.3) is 0 Å². The van der Waals surface area contributed by atoms with Crippen molar-refractivity contribution in [1.29, 1.82) is 5.26 Å². The van der Waals surface area contributed by atoms with Crippen LogP contribution in [0.5, 0.6) is 0 Å². The summed E-state index contributed by atoms with van der Waals surface area (Å²) in [6.07, 6.45) is 6.81. The van der Waals surface area contributed by atoms with E-state index in [4.69, 9.17) is 0 Å². The third kappa shape index (κ3) is 3.80. The highest BCUT2D eigenvalue weighted by Gasteiger charge is 2.35. The van der Waals surface area contributed by atoms with Gasteiger partial charge in [0.05, 0.1) is 11.8 Å². The normalized spacial score (nSPS) is 17.4. The third-order valence-electron chi connectivity index (χ3n) is 4.55. The van der Waals surface area contributed by atoms with E-state index >= 15 is 0 Å². The Bertz CT molecular complexity index is 814. The van der Waals surface area contributed by atoms with Crippen LogP contribution in [-0.2, 0) is 4.79 Å². The number of likely N-dealkylation sites (tertiary alicyclic amines) is 1. The van der Waals surface area contributed by atoms with E-state index in [1.54, 1.807) is 37.3 Å². The predicted molar refractivity (Wildman–Crippen MR) is 97.5 cm³/mol. The molecule has 0 saturated carbocycles. The van der Waals surface area contributed by atoms with E-state index < -0.39 is 5.41 Å². The molecule has 1 fully saturated rings. The monoisotopic (exact) mass is 350 g/mol. The molecular formula is C19H22N6O. The Labute approximate surface area is 153 Å². The van der Waals surface area contributed by atoms with Gasteiger partial charge in [0.1, 0.15) is 11.2 Å². The van der Waals surface area contributed by atoms with Crippen LogP contribution >= 0.6 is 0 Å². The number of piperidine rings is 1. The summed E-state index contributed by atoms with van der Waals surface area (Å²) < 4.78 is 0. The van der Waals surface area contributed by atoms with Gasteiger partial charge >= 0.3 is 0 Å². The fourth-order valence-corrected chi connectivity index (χ4v) is 3.13. The van der Waals surface area contributed by atoms with E-state index in [1.807, 2.05) is 18.2 Å². The van der Waals surface area contributed by atoms with Crippen LogP contribution in [0.4, 0.5) is 11.6 Å². The molecule has 3 rings (SSSR count). The summed E-state index contributed by atoms with van der Waals surface area (Å²) in [5.41, 5.74) is -0.190. The summed E-state index contributed by atoms with van der Waals surface area (Å²) in [6.45, 7) is 4.54. The Balaban J connectivity index is 1.81. The SMILES string of the molecule is CC(C)(C#N)C(=O)N1CCCC(c2nccnc2Nc2ccccn2)C1. The van der Waals surface area contributed by atoms with Gasteiger partial charge in [0.2, 0.25) is 5.91 Å². The zero-order valence-corrected chi connectivity index (χ0v) is 15.0. The Hall–Kier alpha value is -3.01. The van der Waals surface area contributed by atoms with Gasteiger partial charge in [-0.1, -0.05) is 6.07 Å². The van der Waals surface area contributed by atoms with E-state index in [9.17, 15) is 10.1 Å². The van der Waals surface area contributed by atoms with Gasteiger partial charge < -0.3 is 10.2 Å². The van der Waals surface area contributed by atoms with E-state index in [0.717, 1.165) is 18.5 Å². The van der Waals surface area contributed by atoms with Crippen molar-refractivity contribution in [1.82, 2.24) is 19.9 Å². The highest BCUT2D eigenvalue weighted by molar-refractivity contribution is 5.84. The number of nitrogens with one attached hydrogen (secondary N) is 1. The molecule has 26 heavy (non-hydrogen) atoms. The lowest BCUT2D eigenvalue weighted by molar-refractivity contribution is -0.138. The fraction of sp³-hybridized carbons (Fsp3) is 0.421. The van der Waals surface area contributed by atoms with Crippen molar-refractivity contribution in [2.75, 3.05) is 18.4 Å². The first-order valence-corrected chi connectivity index (χ1v) is 8.71. The maximum atomic E-state index is 12.6. The first-order valence-electron chi connectivity index (χ1n) is 8.71. The summed E-state index contributed by atoms with van der Waals surface area (Å²) in [4.78, 5) is 27.6. The first kappa shape index (κ1) is 17.8. The number of hydrogen-bond acceptors (Lipinski definition) is 6. The number of nitriles is 1. The Morgan fingerprint density at radius 2 is 2.08 bits per heavy atom. The minimum absolute atomic E-state index is 0.0714. The van der Waals surface area contributed by atoms with Crippen LogP contribution in [0.3, 0.4) is 0 Å². The molecular weight excluding hydrogens is 328 g/mol. The number of aromatic nitrogens is 3. The molecule has 7 heteroatoms. The number of rotatable bonds is 4. The molecule has 134 valence electrons. The standard InChI is InChI=1S/C19H22N6O/c1-19(2,13-20)18(26)25-11-5-6-14(12-25)16-17(23-10-9-22-16)24-15-7-3-4-8-21-15/h3-4,7-10,14H,5-6,11-12H2,1-2H3,(H,21,23,24). The van der Waals surface area contributed by atoms with Crippen LogP contribution in [0.15, 0.2) is 36.8 Å². The Morgan fingerprint density at radius 1 is 1.27 bits per heavy atom. The van der Waals surface area contributed by atoms with E-state index in [0.29, 0.717) is 24.7 Å². The average molecular weight is 350 g/mol. The van der Waals surface area contributed by atoms with Crippen molar-refractivity contribution < 1.29 is 4.79 Å². The van der Waals surface area contributed by atoms with Crippen LogP contribution in [0, 0.1) is 16.7 Å². The van der Waals surface area contributed by atoms with Gasteiger partial charge in [-0.3, -0.25) is 9.78 Å². The van der Waals surface area contributed by atoms with Gasteiger partial charge in [-0.25, -0.2) is 9.97 Å². The van der Waals surface area contributed by atoms with Gasteiger partial charge in [0.25, 0.3) is 0 Å². The smallest absolute Gasteiger partial charge is 0.242 e.